The Labute approximate surface area is 188 Å². The Bertz CT molecular complexity index is 926. The van der Waals surface area contributed by atoms with Crippen molar-refractivity contribution in [3.63, 3.8) is 0 Å². The lowest BCUT2D eigenvalue weighted by molar-refractivity contribution is -0.143. The average Bonchev–Trinajstić information content (AvgIpc) is 2.65. The average molecular weight is 553 g/mol. The summed E-state index contributed by atoms with van der Waals surface area (Å²) in [6.07, 6.45) is 1.34. The van der Waals surface area contributed by atoms with Crippen molar-refractivity contribution < 1.29 is 23.8 Å². The van der Waals surface area contributed by atoms with Gasteiger partial charge in [-0.3, -0.25) is 0 Å². The summed E-state index contributed by atoms with van der Waals surface area (Å²) in [6, 6.07) is 8.53. The van der Waals surface area contributed by atoms with E-state index in [2.05, 4.69) is 41.3 Å². The predicted octanol–water partition coefficient (Wildman–Crippen LogP) is 5.83. The van der Waals surface area contributed by atoms with Crippen molar-refractivity contribution >= 4 is 73.1 Å². The Kier molecular flexibility index (Phi) is 8.37. The van der Waals surface area contributed by atoms with Crippen LogP contribution in [0.2, 0.25) is 10.0 Å². The zero-order chi connectivity index (χ0) is 20.8. The van der Waals surface area contributed by atoms with Gasteiger partial charge in [-0.1, -0.05) is 45.2 Å². The Morgan fingerprint density at radius 1 is 1.04 bits per heavy atom. The standard InChI is InChI=1S/C19H14Br2Cl2O5/c1-26-18(24)14(19(25)27-2)6-11-5-12(20)7-15(21)17(11)28-9-10-3-4-13(22)8-16(10)23/h3-8H,9H2,1-2H3. The third-order valence-electron chi connectivity index (χ3n) is 3.53. The van der Waals surface area contributed by atoms with Crippen molar-refractivity contribution in [1.29, 1.82) is 0 Å². The molecule has 0 saturated heterocycles. The molecule has 0 bridgehead atoms. The topological polar surface area (TPSA) is 61.8 Å². The van der Waals surface area contributed by atoms with E-state index in [9.17, 15) is 9.59 Å². The van der Waals surface area contributed by atoms with Crippen LogP contribution >= 0.6 is 55.1 Å². The largest absolute Gasteiger partial charge is 0.487 e. The third kappa shape index (κ3) is 5.73. The van der Waals surface area contributed by atoms with E-state index in [0.717, 1.165) is 5.56 Å². The van der Waals surface area contributed by atoms with Gasteiger partial charge in [0.05, 0.1) is 18.7 Å². The molecule has 2 aromatic carbocycles. The molecule has 0 N–H and O–H groups in total. The number of carbonyl (C=O) groups excluding carboxylic acids is 2. The molecule has 0 fully saturated rings. The lowest BCUT2D eigenvalue weighted by atomic mass is 10.1. The first-order valence-corrected chi connectivity index (χ1v) is 10.0. The van der Waals surface area contributed by atoms with Crippen LogP contribution in [0.15, 0.2) is 44.9 Å². The van der Waals surface area contributed by atoms with Gasteiger partial charge in [0.1, 0.15) is 17.9 Å². The molecule has 28 heavy (non-hydrogen) atoms. The second-order valence-corrected chi connectivity index (χ2v) is 7.99. The molecule has 0 unspecified atom stereocenters. The van der Waals surface area contributed by atoms with Crippen LogP contribution in [0.1, 0.15) is 11.1 Å². The van der Waals surface area contributed by atoms with Gasteiger partial charge in [0, 0.05) is 25.6 Å². The molecule has 2 rings (SSSR count). The van der Waals surface area contributed by atoms with Gasteiger partial charge in [0.25, 0.3) is 0 Å². The maximum Gasteiger partial charge on any atom is 0.345 e. The first-order chi connectivity index (χ1) is 13.3. The van der Waals surface area contributed by atoms with Gasteiger partial charge in [-0.2, -0.15) is 0 Å². The molecule has 9 heteroatoms. The number of carbonyl (C=O) groups is 2. The Balaban J connectivity index is 2.46. The second kappa shape index (κ2) is 10.3. The van der Waals surface area contributed by atoms with Gasteiger partial charge in [0.2, 0.25) is 0 Å². The summed E-state index contributed by atoms with van der Waals surface area (Å²) in [4.78, 5) is 23.9. The van der Waals surface area contributed by atoms with Crippen LogP contribution in [0.3, 0.4) is 0 Å². The molecule has 0 aliphatic carbocycles. The van der Waals surface area contributed by atoms with Crippen LogP contribution < -0.4 is 4.74 Å². The smallest absolute Gasteiger partial charge is 0.345 e. The van der Waals surface area contributed by atoms with E-state index in [1.54, 1.807) is 30.3 Å². The lowest BCUT2D eigenvalue weighted by Crippen LogP contribution is -2.15. The van der Waals surface area contributed by atoms with Crippen molar-refractivity contribution in [2.45, 2.75) is 6.61 Å². The number of esters is 2. The van der Waals surface area contributed by atoms with Crippen LogP contribution in [-0.4, -0.2) is 26.2 Å². The minimum Gasteiger partial charge on any atom is -0.487 e. The normalized spacial score (nSPS) is 10.2. The molecule has 0 heterocycles. The number of rotatable bonds is 6. The quantitative estimate of drug-likeness (QED) is 0.195. The first kappa shape index (κ1) is 22.7. The van der Waals surface area contributed by atoms with Gasteiger partial charge in [-0.15, -0.1) is 0 Å². The van der Waals surface area contributed by atoms with E-state index in [-0.39, 0.29) is 12.2 Å². The van der Waals surface area contributed by atoms with Crippen LogP contribution in [-0.2, 0) is 25.7 Å². The third-order valence-corrected chi connectivity index (χ3v) is 5.17. The molecule has 0 atom stereocenters. The fraction of sp³-hybridized carbons (Fsp3) is 0.158. The van der Waals surface area contributed by atoms with E-state index < -0.39 is 11.9 Å². The highest BCUT2D eigenvalue weighted by molar-refractivity contribution is 9.11. The van der Waals surface area contributed by atoms with Gasteiger partial charge in [0.15, 0.2) is 0 Å². The first-order valence-electron chi connectivity index (χ1n) is 7.71. The van der Waals surface area contributed by atoms with E-state index >= 15 is 0 Å². The van der Waals surface area contributed by atoms with E-state index in [1.807, 2.05) is 0 Å². The highest BCUT2D eigenvalue weighted by atomic mass is 79.9. The highest BCUT2D eigenvalue weighted by Crippen LogP contribution is 2.35. The lowest BCUT2D eigenvalue weighted by Gasteiger charge is -2.14. The number of hydrogen-bond acceptors (Lipinski definition) is 5. The summed E-state index contributed by atoms with van der Waals surface area (Å²) in [5, 5.41) is 0.977. The van der Waals surface area contributed by atoms with Gasteiger partial charge in [-0.25, -0.2) is 9.59 Å². The summed E-state index contributed by atoms with van der Waals surface area (Å²) in [6.45, 7) is 0.142. The highest BCUT2D eigenvalue weighted by Gasteiger charge is 2.21. The molecule has 0 radical (unpaired) electrons. The van der Waals surface area contributed by atoms with Gasteiger partial charge < -0.3 is 14.2 Å². The van der Waals surface area contributed by atoms with Crippen LogP contribution in [0.5, 0.6) is 5.75 Å². The summed E-state index contributed by atoms with van der Waals surface area (Å²) in [5.74, 6) is -1.25. The van der Waals surface area contributed by atoms with Gasteiger partial charge in [-0.05, 0) is 46.3 Å². The maximum absolute atomic E-state index is 12.0. The van der Waals surface area contributed by atoms with E-state index in [1.165, 1.54) is 20.3 Å². The van der Waals surface area contributed by atoms with Crippen molar-refractivity contribution in [3.05, 3.63) is 66.0 Å². The molecule has 0 amide bonds. The zero-order valence-electron chi connectivity index (χ0n) is 14.7. The molecule has 0 aliphatic rings. The summed E-state index contributed by atoms with van der Waals surface area (Å²) in [5.41, 5.74) is 0.901. The predicted molar refractivity (Wildman–Crippen MR) is 115 cm³/mol. The van der Waals surface area contributed by atoms with E-state index in [0.29, 0.717) is 30.3 Å². The molecule has 2 aromatic rings. The summed E-state index contributed by atoms with van der Waals surface area (Å²) in [7, 11) is 2.35. The maximum atomic E-state index is 12.0. The van der Waals surface area contributed by atoms with Crippen LogP contribution in [0.25, 0.3) is 6.08 Å². The number of ether oxygens (including phenoxy) is 3. The summed E-state index contributed by atoms with van der Waals surface area (Å²) < 4.78 is 16.5. The molecule has 5 nitrogen and oxygen atoms in total. The number of hydrogen-bond donors (Lipinski definition) is 0. The fourth-order valence-corrected chi connectivity index (χ4v) is 4.04. The fourth-order valence-electron chi connectivity index (χ4n) is 2.21. The minimum absolute atomic E-state index is 0.142. The number of methoxy groups -OCH3 is 2. The number of halogens is 4. The van der Waals surface area contributed by atoms with E-state index in [4.69, 9.17) is 27.9 Å². The van der Waals surface area contributed by atoms with Crippen LogP contribution in [0, 0.1) is 0 Å². The van der Waals surface area contributed by atoms with Crippen molar-refractivity contribution in [2.75, 3.05) is 14.2 Å². The van der Waals surface area contributed by atoms with Crippen molar-refractivity contribution in [2.24, 2.45) is 0 Å². The molecular weight excluding hydrogens is 539 g/mol. The Morgan fingerprint density at radius 3 is 2.25 bits per heavy atom. The molecular formula is C19H14Br2Cl2O5. The Hall–Kier alpha value is -1.54. The molecule has 0 aliphatic heterocycles. The second-order valence-electron chi connectivity index (χ2n) is 5.37. The SMILES string of the molecule is COC(=O)C(=Cc1cc(Br)cc(Br)c1OCc1ccc(Cl)cc1Cl)C(=O)OC. The summed E-state index contributed by atoms with van der Waals surface area (Å²) >= 11 is 18.9. The Morgan fingerprint density at radius 2 is 1.68 bits per heavy atom. The monoisotopic (exact) mass is 550 g/mol. The molecule has 0 saturated carbocycles. The van der Waals surface area contributed by atoms with Crippen molar-refractivity contribution in [1.82, 2.24) is 0 Å². The molecule has 148 valence electrons. The molecule has 0 aromatic heterocycles. The molecule has 0 spiro atoms. The van der Waals surface area contributed by atoms with Crippen LogP contribution in [0.4, 0.5) is 0 Å². The zero-order valence-corrected chi connectivity index (χ0v) is 19.4. The van der Waals surface area contributed by atoms with Gasteiger partial charge >= 0.3 is 11.9 Å². The van der Waals surface area contributed by atoms with Crippen molar-refractivity contribution in [3.8, 4) is 5.75 Å². The number of benzene rings is 2. The minimum atomic E-state index is -0.824.